The third-order valence-electron chi connectivity index (χ3n) is 7.02. The second-order valence-electron chi connectivity index (χ2n) is 8.99. The topological polar surface area (TPSA) is 38.9 Å². The standard InChI is InChI=1S/C32H18N2OS/c1-2-10-21-19(8-1)25-16-17-36-32(25)24-12-4-3-11-22(24)29-30(21)34-27(18-33-29)26-14-7-13-23-20-9-5-6-15-28(20)35-31(23)26/h1-18H/b25-19-,29-22+,30-21+,32-24+. The van der Waals surface area contributed by atoms with E-state index in [2.05, 4.69) is 84.2 Å². The molecule has 0 spiro atoms. The SMILES string of the molecule is c1ccc2/c(c1)=c1/ccs/c1=c1\cccc\c1=c1/ncc(-c3cccc4c3oc3ccccc34)n/c1=2. The van der Waals surface area contributed by atoms with Crippen molar-refractivity contribution in [3.05, 3.63) is 150 Å². The Labute approximate surface area is 208 Å². The molecule has 0 unspecified atom stereocenters. The van der Waals surface area contributed by atoms with Gasteiger partial charge in [-0.25, -0.2) is 4.98 Å². The van der Waals surface area contributed by atoms with Gasteiger partial charge in [-0.05, 0) is 28.8 Å². The fourth-order valence-corrected chi connectivity index (χ4v) is 6.34. The Morgan fingerprint density at radius 3 is 2.19 bits per heavy atom. The van der Waals surface area contributed by atoms with Crippen LogP contribution in [0, 0.1) is 41.3 Å². The van der Waals surface area contributed by atoms with Crippen LogP contribution in [0.15, 0.2) is 113 Å². The van der Waals surface area contributed by atoms with E-state index < -0.39 is 0 Å². The molecule has 0 fully saturated rings. The Morgan fingerprint density at radius 2 is 1.31 bits per heavy atom. The molecule has 8 rings (SSSR count). The molecule has 168 valence electrons. The van der Waals surface area contributed by atoms with Crippen LogP contribution in [0.2, 0.25) is 0 Å². The highest BCUT2D eigenvalue weighted by Crippen LogP contribution is 2.34. The van der Waals surface area contributed by atoms with Crippen LogP contribution < -0.4 is 0 Å². The summed E-state index contributed by atoms with van der Waals surface area (Å²) >= 11 is 1.77. The van der Waals surface area contributed by atoms with Gasteiger partial charge in [0.15, 0.2) is 0 Å². The first kappa shape index (κ1) is 19.7. The van der Waals surface area contributed by atoms with Gasteiger partial charge in [-0.3, -0.25) is 4.98 Å². The molecule has 3 heterocycles. The first-order valence-corrected chi connectivity index (χ1v) is 12.8. The van der Waals surface area contributed by atoms with Gasteiger partial charge in [-0.1, -0.05) is 78.9 Å². The van der Waals surface area contributed by atoms with E-state index in [0.29, 0.717) is 0 Å². The molecular weight excluding hydrogens is 460 g/mol. The van der Waals surface area contributed by atoms with E-state index in [1.165, 1.54) is 20.2 Å². The molecular formula is C32H18N2OS. The predicted octanol–water partition coefficient (Wildman–Crippen LogP) is 7.57. The minimum atomic E-state index is 0.803. The summed E-state index contributed by atoms with van der Waals surface area (Å²) in [6.07, 6.45) is 1.89. The molecule has 0 saturated carbocycles. The molecule has 3 aromatic heterocycles. The fraction of sp³-hybridized carbons (Fsp3) is 0. The average Bonchev–Trinajstić information content (AvgIpc) is 3.57. The van der Waals surface area contributed by atoms with Crippen molar-refractivity contribution in [1.82, 2.24) is 9.97 Å². The van der Waals surface area contributed by atoms with Crippen molar-refractivity contribution in [1.29, 1.82) is 0 Å². The maximum Gasteiger partial charge on any atom is 0.144 e. The number of rotatable bonds is 1. The van der Waals surface area contributed by atoms with E-state index in [0.717, 1.165) is 54.3 Å². The number of furan rings is 1. The summed E-state index contributed by atoms with van der Waals surface area (Å²) < 4.78 is 7.59. The van der Waals surface area contributed by atoms with Crippen molar-refractivity contribution >= 4 is 33.3 Å². The Kier molecular flexibility index (Phi) is 4.10. The van der Waals surface area contributed by atoms with Gasteiger partial charge in [0, 0.05) is 41.7 Å². The summed E-state index contributed by atoms with van der Waals surface area (Å²) in [4.78, 5) is 10.3. The van der Waals surface area contributed by atoms with E-state index in [4.69, 9.17) is 14.4 Å². The monoisotopic (exact) mass is 478 g/mol. The Morgan fingerprint density at radius 1 is 0.583 bits per heavy atom. The lowest BCUT2D eigenvalue weighted by Crippen LogP contribution is -1.95. The van der Waals surface area contributed by atoms with E-state index in [-0.39, 0.29) is 0 Å². The average molecular weight is 479 g/mol. The summed E-state index contributed by atoms with van der Waals surface area (Å²) in [6.45, 7) is 0. The van der Waals surface area contributed by atoms with Crippen LogP contribution in [-0.4, -0.2) is 9.97 Å². The number of hydrogen-bond acceptors (Lipinski definition) is 4. The van der Waals surface area contributed by atoms with Crippen molar-refractivity contribution in [3.63, 3.8) is 0 Å². The highest BCUT2D eigenvalue weighted by atomic mass is 32.1. The van der Waals surface area contributed by atoms with Crippen LogP contribution in [-0.2, 0) is 0 Å². The summed E-state index contributed by atoms with van der Waals surface area (Å²) in [5.74, 6) is 0. The van der Waals surface area contributed by atoms with Gasteiger partial charge in [0.1, 0.15) is 11.2 Å². The normalized spacial score (nSPS) is 15.9. The van der Waals surface area contributed by atoms with Crippen molar-refractivity contribution in [2.75, 3.05) is 0 Å². The zero-order valence-corrected chi connectivity index (χ0v) is 19.9. The van der Waals surface area contributed by atoms with Crippen LogP contribution in [0.25, 0.3) is 33.2 Å². The predicted molar refractivity (Wildman–Crippen MR) is 143 cm³/mol. The van der Waals surface area contributed by atoms with Crippen molar-refractivity contribution in [2.45, 2.75) is 0 Å². The van der Waals surface area contributed by atoms with Crippen LogP contribution in [0.3, 0.4) is 0 Å². The molecule has 0 N–H and O–H groups in total. The lowest BCUT2D eigenvalue weighted by atomic mass is 10.1. The third kappa shape index (κ3) is 2.73. The summed E-state index contributed by atoms with van der Waals surface area (Å²) in [5, 5.41) is 12.0. The van der Waals surface area contributed by atoms with Gasteiger partial charge in [0.05, 0.1) is 22.6 Å². The molecule has 7 aromatic rings. The summed E-state index contributed by atoms with van der Waals surface area (Å²) in [5.41, 5.74) is 3.47. The third-order valence-corrected chi connectivity index (χ3v) is 7.96. The van der Waals surface area contributed by atoms with E-state index in [9.17, 15) is 0 Å². The number of fused-ring (bicyclic) bond motifs is 7. The summed E-state index contributed by atoms with van der Waals surface area (Å²) in [6, 6.07) is 33.7. The number of aromatic nitrogens is 2. The molecule has 0 aliphatic heterocycles. The van der Waals surface area contributed by atoms with Crippen LogP contribution in [0.1, 0.15) is 0 Å². The second-order valence-corrected chi connectivity index (χ2v) is 9.90. The van der Waals surface area contributed by atoms with Crippen molar-refractivity contribution in [2.24, 2.45) is 0 Å². The Balaban J connectivity index is 1.62. The molecule has 4 aromatic carbocycles. The van der Waals surface area contributed by atoms with E-state index in [1.807, 2.05) is 24.4 Å². The number of thiophene rings is 1. The Hall–Kier alpha value is -4.54. The minimum Gasteiger partial charge on any atom is -0.455 e. The molecule has 0 saturated heterocycles. The molecule has 36 heavy (non-hydrogen) atoms. The molecule has 3 nitrogen and oxygen atoms in total. The first-order valence-electron chi connectivity index (χ1n) is 11.9. The highest BCUT2D eigenvalue weighted by Gasteiger charge is 2.13. The number of nitrogens with zero attached hydrogens (tertiary/aromatic N) is 2. The van der Waals surface area contributed by atoms with Crippen LogP contribution >= 0.6 is 11.3 Å². The van der Waals surface area contributed by atoms with Gasteiger partial charge in [0.25, 0.3) is 0 Å². The van der Waals surface area contributed by atoms with Gasteiger partial charge < -0.3 is 4.42 Å². The largest absolute Gasteiger partial charge is 0.455 e. The van der Waals surface area contributed by atoms with Crippen LogP contribution in [0.4, 0.5) is 0 Å². The second kappa shape index (κ2) is 7.48. The van der Waals surface area contributed by atoms with E-state index >= 15 is 0 Å². The molecule has 4 heteroatoms. The van der Waals surface area contributed by atoms with Crippen molar-refractivity contribution in [3.8, 4) is 11.3 Å². The Bertz CT molecular complexity index is 2390. The lowest BCUT2D eigenvalue weighted by molar-refractivity contribution is 0.669. The number of benzene rings is 4. The molecule has 1 aliphatic carbocycles. The minimum absolute atomic E-state index is 0.803. The summed E-state index contributed by atoms with van der Waals surface area (Å²) in [7, 11) is 0. The van der Waals surface area contributed by atoms with Crippen LogP contribution in [0.5, 0.6) is 0 Å². The van der Waals surface area contributed by atoms with Gasteiger partial charge in [-0.15, -0.1) is 11.3 Å². The van der Waals surface area contributed by atoms with Gasteiger partial charge in [-0.2, -0.15) is 0 Å². The van der Waals surface area contributed by atoms with Gasteiger partial charge in [0.2, 0.25) is 0 Å². The quantitative estimate of drug-likeness (QED) is 0.244. The molecule has 0 bridgehead atoms. The molecule has 1 aliphatic rings. The van der Waals surface area contributed by atoms with Crippen molar-refractivity contribution < 1.29 is 4.42 Å². The number of para-hydroxylation sites is 2. The first-order chi connectivity index (χ1) is 17.9. The smallest absolute Gasteiger partial charge is 0.144 e. The van der Waals surface area contributed by atoms with E-state index in [1.54, 1.807) is 11.3 Å². The zero-order valence-electron chi connectivity index (χ0n) is 19.1. The van der Waals surface area contributed by atoms with Gasteiger partial charge >= 0.3 is 0 Å². The molecule has 0 amide bonds. The maximum absolute atomic E-state index is 6.32. The molecule has 0 radical (unpaired) electrons. The highest BCUT2D eigenvalue weighted by molar-refractivity contribution is 7.08. The maximum atomic E-state index is 6.32. The molecule has 0 atom stereocenters. The zero-order chi connectivity index (χ0) is 23.6. The fourth-order valence-electron chi connectivity index (χ4n) is 5.39. The number of hydrogen-bond donors (Lipinski definition) is 0. The lowest BCUT2D eigenvalue weighted by Gasteiger charge is -2.04.